The zero-order valence-corrected chi connectivity index (χ0v) is 10.7. The highest BCUT2D eigenvalue weighted by molar-refractivity contribution is 5.88. The number of pyridine rings is 1. The lowest BCUT2D eigenvalue weighted by Crippen LogP contribution is -2.21. The summed E-state index contributed by atoms with van der Waals surface area (Å²) in [5.74, 6) is -0.365. The molecule has 1 aromatic heterocycles. The maximum absolute atomic E-state index is 11.5. The Morgan fingerprint density at radius 1 is 1.33 bits per heavy atom. The maximum atomic E-state index is 11.5. The second-order valence-corrected chi connectivity index (χ2v) is 3.74. The van der Waals surface area contributed by atoms with Gasteiger partial charge in [0.15, 0.2) is 0 Å². The molecular weight excluding hydrogens is 232 g/mol. The molecule has 0 aliphatic carbocycles. The smallest absolute Gasteiger partial charge is 0.339 e. The van der Waals surface area contributed by atoms with Gasteiger partial charge in [-0.3, -0.25) is 4.98 Å². The van der Waals surface area contributed by atoms with E-state index in [2.05, 4.69) is 17.2 Å². The molecule has 1 heterocycles. The van der Waals surface area contributed by atoms with Crippen LogP contribution in [0.3, 0.4) is 0 Å². The van der Waals surface area contributed by atoms with Gasteiger partial charge in [-0.15, -0.1) is 0 Å². The number of nitrogens with zero attached hydrogens (tertiary/aromatic N) is 1. The molecule has 1 rings (SSSR count). The van der Waals surface area contributed by atoms with Gasteiger partial charge in [0.1, 0.15) is 6.61 Å². The second kappa shape index (κ2) is 9.56. The molecule has 0 fully saturated rings. The molecule has 0 aliphatic heterocycles. The Morgan fingerprint density at radius 3 is 2.94 bits per heavy atom. The Bertz CT molecular complexity index is 330. The SMILES string of the molecule is CCCNCCOCCOC(=O)c1cccnc1. The summed E-state index contributed by atoms with van der Waals surface area (Å²) in [5.41, 5.74) is 0.460. The van der Waals surface area contributed by atoms with E-state index in [0.29, 0.717) is 18.8 Å². The monoisotopic (exact) mass is 252 g/mol. The number of aromatic nitrogens is 1. The fraction of sp³-hybridized carbons (Fsp3) is 0.538. The summed E-state index contributed by atoms with van der Waals surface area (Å²) in [5, 5.41) is 3.22. The number of hydrogen-bond donors (Lipinski definition) is 1. The summed E-state index contributed by atoms with van der Waals surface area (Å²) in [6.07, 6.45) is 4.21. The van der Waals surface area contributed by atoms with Gasteiger partial charge in [-0.25, -0.2) is 4.79 Å². The minimum Gasteiger partial charge on any atom is -0.460 e. The van der Waals surface area contributed by atoms with Crippen LogP contribution < -0.4 is 5.32 Å². The number of hydrogen-bond acceptors (Lipinski definition) is 5. The van der Waals surface area contributed by atoms with Crippen LogP contribution in [-0.4, -0.2) is 43.9 Å². The highest BCUT2D eigenvalue weighted by Crippen LogP contribution is 1.98. The average molecular weight is 252 g/mol. The van der Waals surface area contributed by atoms with Crippen molar-refractivity contribution in [3.05, 3.63) is 30.1 Å². The highest BCUT2D eigenvalue weighted by Gasteiger charge is 2.05. The zero-order valence-electron chi connectivity index (χ0n) is 10.7. The summed E-state index contributed by atoms with van der Waals surface area (Å²) in [6, 6.07) is 3.37. The van der Waals surface area contributed by atoms with Crippen LogP contribution in [0.4, 0.5) is 0 Å². The molecule has 0 bridgehead atoms. The van der Waals surface area contributed by atoms with Gasteiger partial charge in [-0.1, -0.05) is 6.92 Å². The number of nitrogens with one attached hydrogen (secondary N) is 1. The van der Waals surface area contributed by atoms with Crippen LogP contribution in [0.5, 0.6) is 0 Å². The number of rotatable bonds is 9. The van der Waals surface area contributed by atoms with Crippen molar-refractivity contribution in [2.45, 2.75) is 13.3 Å². The van der Waals surface area contributed by atoms with Crippen molar-refractivity contribution in [2.75, 3.05) is 32.9 Å². The molecule has 100 valence electrons. The number of esters is 1. The fourth-order valence-electron chi connectivity index (χ4n) is 1.31. The zero-order chi connectivity index (χ0) is 13.1. The van der Waals surface area contributed by atoms with Crippen molar-refractivity contribution in [1.29, 1.82) is 0 Å². The topological polar surface area (TPSA) is 60.5 Å². The first kappa shape index (κ1) is 14.6. The molecule has 0 atom stereocenters. The molecule has 1 N–H and O–H groups in total. The van der Waals surface area contributed by atoms with Gasteiger partial charge in [0.05, 0.1) is 18.8 Å². The highest BCUT2D eigenvalue weighted by atomic mass is 16.6. The minimum atomic E-state index is -0.365. The molecule has 0 aromatic carbocycles. The Labute approximate surface area is 108 Å². The van der Waals surface area contributed by atoms with Gasteiger partial charge >= 0.3 is 5.97 Å². The Morgan fingerprint density at radius 2 is 2.22 bits per heavy atom. The van der Waals surface area contributed by atoms with Crippen LogP contribution in [0.2, 0.25) is 0 Å². The molecule has 0 unspecified atom stereocenters. The molecule has 0 aliphatic rings. The molecule has 0 saturated carbocycles. The lowest BCUT2D eigenvalue weighted by Gasteiger charge is -2.06. The van der Waals surface area contributed by atoms with Crippen molar-refractivity contribution < 1.29 is 14.3 Å². The summed E-state index contributed by atoms with van der Waals surface area (Å²) < 4.78 is 10.3. The molecule has 0 saturated heterocycles. The van der Waals surface area contributed by atoms with Crippen molar-refractivity contribution in [2.24, 2.45) is 0 Å². The number of carbonyl (C=O) groups excluding carboxylic acids is 1. The normalized spacial score (nSPS) is 10.3. The van der Waals surface area contributed by atoms with Gasteiger partial charge in [0.2, 0.25) is 0 Å². The summed E-state index contributed by atoms with van der Waals surface area (Å²) in [6.45, 7) is 5.25. The van der Waals surface area contributed by atoms with Crippen LogP contribution in [0.1, 0.15) is 23.7 Å². The van der Waals surface area contributed by atoms with Crippen LogP contribution in [0.25, 0.3) is 0 Å². The molecule has 5 nitrogen and oxygen atoms in total. The van der Waals surface area contributed by atoms with E-state index in [-0.39, 0.29) is 12.6 Å². The van der Waals surface area contributed by atoms with Gasteiger partial charge in [0.25, 0.3) is 0 Å². The Hall–Kier alpha value is -1.46. The van der Waals surface area contributed by atoms with Crippen molar-refractivity contribution >= 4 is 5.97 Å². The van der Waals surface area contributed by atoms with E-state index in [1.165, 1.54) is 6.20 Å². The predicted octanol–water partition coefficient (Wildman–Crippen LogP) is 1.25. The van der Waals surface area contributed by atoms with Crippen molar-refractivity contribution in [3.8, 4) is 0 Å². The van der Waals surface area contributed by atoms with E-state index in [1.54, 1.807) is 18.3 Å². The quantitative estimate of drug-likeness (QED) is 0.529. The summed E-state index contributed by atoms with van der Waals surface area (Å²) >= 11 is 0. The van der Waals surface area contributed by atoms with E-state index >= 15 is 0 Å². The van der Waals surface area contributed by atoms with E-state index in [4.69, 9.17) is 9.47 Å². The molecule has 1 aromatic rings. The Kier molecular flexibility index (Phi) is 7.75. The largest absolute Gasteiger partial charge is 0.460 e. The first-order valence-electron chi connectivity index (χ1n) is 6.20. The molecular formula is C13H20N2O3. The fourth-order valence-corrected chi connectivity index (χ4v) is 1.31. The molecule has 0 spiro atoms. The van der Waals surface area contributed by atoms with Gasteiger partial charge < -0.3 is 14.8 Å². The van der Waals surface area contributed by atoms with Gasteiger partial charge in [-0.05, 0) is 25.1 Å². The lowest BCUT2D eigenvalue weighted by atomic mass is 10.3. The summed E-state index contributed by atoms with van der Waals surface area (Å²) in [4.78, 5) is 15.3. The van der Waals surface area contributed by atoms with E-state index in [9.17, 15) is 4.79 Å². The molecule has 0 radical (unpaired) electrons. The number of carbonyl (C=O) groups is 1. The predicted molar refractivity (Wildman–Crippen MR) is 68.5 cm³/mol. The Balaban J connectivity index is 2.00. The van der Waals surface area contributed by atoms with Gasteiger partial charge in [-0.2, -0.15) is 0 Å². The average Bonchev–Trinajstić information content (AvgIpc) is 2.42. The standard InChI is InChI=1S/C13H20N2O3/c1-2-5-14-7-8-17-9-10-18-13(16)12-4-3-6-15-11-12/h3-4,6,11,14H,2,5,7-10H2,1H3. The summed E-state index contributed by atoms with van der Waals surface area (Å²) in [7, 11) is 0. The lowest BCUT2D eigenvalue weighted by molar-refractivity contribution is 0.0321. The van der Waals surface area contributed by atoms with Crippen LogP contribution in [0, 0.1) is 0 Å². The van der Waals surface area contributed by atoms with Crippen LogP contribution in [0.15, 0.2) is 24.5 Å². The minimum absolute atomic E-state index is 0.265. The van der Waals surface area contributed by atoms with Crippen LogP contribution >= 0.6 is 0 Å². The second-order valence-electron chi connectivity index (χ2n) is 3.74. The molecule has 0 amide bonds. The van der Waals surface area contributed by atoms with Crippen LogP contribution in [-0.2, 0) is 9.47 Å². The van der Waals surface area contributed by atoms with E-state index < -0.39 is 0 Å². The third-order valence-electron chi connectivity index (χ3n) is 2.21. The third-order valence-corrected chi connectivity index (χ3v) is 2.21. The van der Waals surface area contributed by atoms with Crippen molar-refractivity contribution in [1.82, 2.24) is 10.3 Å². The molecule has 18 heavy (non-hydrogen) atoms. The molecule has 5 heteroatoms. The van der Waals surface area contributed by atoms with Crippen molar-refractivity contribution in [3.63, 3.8) is 0 Å². The van der Waals surface area contributed by atoms with E-state index in [1.807, 2.05) is 0 Å². The maximum Gasteiger partial charge on any atom is 0.339 e. The third kappa shape index (κ3) is 6.32. The van der Waals surface area contributed by atoms with Gasteiger partial charge in [0, 0.05) is 18.9 Å². The first-order valence-corrected chi connectivity index (χ1v) is 6.20. The first-order chi connectivity index (χ1) is 8.84. The number of ether oxygens (including phenoxy) is 2. The van der Waals surface area contributed by atoms with E-state index in [0.717, 1.165) is 19.5 Å².